The van der Waals surface area contributed by atoms with Gasteiger partial charge in [0.1, 0.15) is 5.82 Å². The van der Waals surface area contributed by atoms with Crippen LogP contribution in [0.3, 0.4) is 0 Å². The molecule has 4 nitrogen and oxygen atoms in total. The van der Waals surface area contributed by atoms with Crippen LogP contribution in [0.2, 0.25) is 0 Å². The van der Waals surface area contributed by atoms with Crippen LogP contribution in [0.5, 0.6) is 0 Å². The van der Waals surface area contributed by atoms with Crippen molar-refractivity contribution in [2.24, 2.45) is 0 Å². The number of urea groups is 1. The maximum atomic E-state index is 12.8. The van der Waals surface area contributed by atoms with Crippen molar-refractivity contribution < 1.29 is 14.3 Å². The summed E-state index contributed by atoms with van der Waals surface area (Å²) in [5, 5.41) is 15.2. The maximum Gasteiger partial charge on any atom is 0.319 e. The van der Waals surface area contributed by atoms with Crippen LogP contribution in [0.4, 0.5) is 14.9 Å². The van der Waals surface area contributed by atoms with Crippen LogP contribution in [-0.4, -0.2) is 17.7 Å². The van der Waals surface area contributed by atoms with Gasteiger partial charge >= 0.3 is 6.03 Å². The number of hydrogen-bond acceptors (Lipinski definition) is 2. The van der Waals surface area contributed by atoms with Crippen LogP contribution in [0.25, 0.3) is 0 Å². The molecule has 2 amide bonds. The Morgan fingerprint density at radius 2 is 1.86 bits per heavy atom. The van der Waals surface area contributed by atoms with E-state index in [9.17, 15) is 14.3 Å². The first-order valence-corrected chi connectivity index (χ1v) is 6.60. The van der Waals surface area contributed by atoms with Crippen molar-refractivity contribution in [1.29, 1.82) is 0 Å². The standard InChI is InChI=1S/C16H17FN2O2/c1-11-4-2-3-5-14(11)19-16(21)18-10-15(20)12-6-8-13(17)9-7-12/h2-9,15,20H,10H2,1H3,(H2,18,19,21)/t15-/m0/s1. The lowest BCUT2D eigenvalue weighted by molar-refractivity contribution is 0.175. The highest BCUT2D eigenvalue weighted by atomic mass is 19.1. The molecule has 21 heavy (non-hydrogen) atoms. The van der Waals surface area contributed by atoms with E-state index in [0.717, 1.165) is 5.56 Å². The van der Waals surface area contributed by atoms with E-state index in [0.29, 0.717) is 11.3 Å². The van der Waals surface area contributed by atoms with Crippen molar-refractivity contribution in [2.45, 2.75) is 13.0 Å². The number of aliphatic hydroxyl groups is 1. The SMILES string of the molecule is Cc1ccccc1NC(=O)NC[C@H](O)c1ccc(F)cc1. The second-order valence-corrected chi connectivity index (χ2v) is 4.72. The number of aryl methyl sites for hydroxylation is 1. The molecule has 0 aliphatic carbocycles. The molecular formula is C16H17FN2O2. The number of anilines is 1. The summed E-state index contributed by atoms with van der Waals surface area (Å²) in [5.41, 5.74) is 2.21. The first-order chi connectivity index (χ1) is 10.1. The number of rotatable bonds is 4. The van der Waals surface area contributed by atoms with Gasteiger partial charge in [0.25, 0.3) is 0 Å². The van der Waals surface area contributed by atoms with Gasteiger partial charge in [0.15, 0.2) is 0 Å². The molecule has 0 radical (unpaired) electrons. The Morgan fingerprint density at radius 3 is 2.52 bits per heavy atom. The quantitative estimate of drug-likeness (QED) is 0.810. The van der Waals surface area contributed by atoms with E-state index < -0.39 is 12.1 Å². The zero-order valence-corrected chi connectivity index (χ0v) is 11.6. The van der Waals surface area contributed by atoms with Crippen LogP contribution in [-0.2, 0) is 0 Å². The van der Waals surface area contributed by atoms with Gasteiger partial charge in [-0.25, -0.2) is 9.18 Å². The summed E-state index contributed by atoms with van der Waals surface area (Å²) < 4.78 is 12.8. The summed E-state index contributed by atoms with van der Waals surface area (Å²) in [7, 11) is 0. The van der Waals surface area contributed by atoms with E-state index >= 15 is 0 Å². The maximum absolute atomic E-state index is 12.8. The Morgan fingerprint density at radius 1 is 1.19 bits per heavy atom. The molecule has 110 valence electrons. The Balaban J connectivity index is 1.86. The lowest BCUT2D eigenvalue weighted by Gasteiger charge is -2.13. The van der Waals surface area contributed by atoms with Gasteiger partial charge in [0.05, 0.1) is 6.10 Å². The van der Waals surface area contributed by atoms with E-state index in [2.05, 4.69) is 10.6 Å². The highest BCUT2D eigenvalue weighted by Crippen LogP contribution is 2.14. The summed E-state index contributed by atoms with van der Waals surface area (Å²) in [5.74, 6) is -0.365. The summed E-state index contributed by atoms with van der Waals surface area (Å²) in [6.07, 6.45) is -0.881. The van der Waals surface area contributed by atoms with Crippen molar-refractivity contribution in [3.8, 4) is 0 Å². The van der Waals surface area contributed by atoms with Crippen LogP contribution in [0.15, 0.2) is 48.5 Å². The highest BCUT2D eigenvalue weighted by Gasteiger charge is 2.10. The van der Waals surface area contributed by atoms with Gasteiger partial charge in [-0.05, 0) is 36.2 Å². The average Bonchev–Trinajstić information content (AvgIpc) is 2.48. The van der Waals surface area contributed by atoms with Crippen molar-refractivity contribution >= 4 is 11.7 Å². The Labute approximate surface area is 122 Å². The van der Waals surface area contributed by atoms with Gasteiger partial charge in [-0.2, -0.15) is 0 Å². The number of carbonyl (C=O) groups excluding carboxylic acids is 1. The third-order valence-electron chi connectivity index (χ3n) is 3.10. The largest absolute Gasteiger partial charge is 0.387 e. The zero-order chi connectivity index (χ0) is 15.2. The van der Waals surface area contributed by atoms with Gasteiger partial charge in [-0.3, -0.25) is 0 Å². The van der Waals surface area contributed by atoms with Crippen molar-refractivity contribution in [3.63, 3.8) is 0 Å². The predicted octanol–water partition coefficient (Wildman–Crippen LogP) is 2.99. The molecule has 0 bridgehead atoms. The van der Waals surface area contributed by atoms with E-state index in [1.807, 2.05) is 25.1 Å². The number of hydrogen-bond donors (Lipinski definition) is 3. The molecular weight excluding hydrogens is 271 g/mol. The number of halogens is 1. The monoisotopic (exact) mass is 288 g/mol. The van der Waals surface area contributed by atoms with Gasteiger partial charge in [0.2, 0.25) is 0 Å². The molecule has 1 atom stereocenters. The summed E-state index contributed by atoms with van der Waals surface area (Å²) in [6.45, 7) is 1.94. The number of amides is 2. The zero-order valence-electron chi connectivity index (χ0n) is 11.6. The molecule has 2 rings (SSSR count). The normalized spacial score (nSPS) is 11.8. The van der Waals surface area contributed by atoms with Crippen molar-refractivity contribution in [3.05, 3.63) is 65.5 Å². The molecule has 0 aliphatic heterocycles. The molecule has 5 heteroatoms. The van der Waals surface area contributed by atoms with Crippen molar-refractivity contribution in [1.82, 2.24) is 5.32 Å². The number of nitrogens with one attached hydrogen (secondary N) is 2. The summed E-state index contributed by atoms with van der Waals surface area (Å²) >= 11 is 0. The second kappa shape index (κ2) is 6.85. The third kappa shape index (κ3) is 4.29. The molecule has 0 aliphatic rings. The minimum Gasteiger partial charge on any atom is -0.387 e. The summed E-state index contributed by atoms with van der Waals surface area (Å²) in [4.78, 5) is 11.8. The smallest absolute Gasteiger partial charge is 0.319 e. The highest BCUT2D eigenvalue weighted by molar-refractivity contribution is 5.90. The van der Waals surface area contributed by atoms with Gasteiger partial charge < -0.3 is 15.7 Å². The fraction of sp³-hybridized carbons (Fsp3) is 0.188. The minimum absolute atomic E-state index is 0.0450. The molecule has 0 saturated heterocycles. The van der Waals surface area contributed by atoms with Crippen molar-refractivity contribution in [2.75, 3.05) is 11.9 Å². The fourth-order valence-electron chi connectivity index (χ4n) is 1.87. The Kier molecular flexibility index (Phi) is 4.90. The molecule has 2 aromatic rings. The number of carbonyl (C=O) groups is 1. The van der Waals surface area contributed by atoms with Gasteiger partial charge in [0, 0.05) is 12.2 Å². The fourth-order valence-corrected chi connectivity index (χ4v) is 1.87. The Bertz CT molecular complexity index is 614. The molecule has 3 N–H and O–H groups in total. The first kappa shape index (κ1) is 15.0. The molecule has 0 unspecified atom stereocenters. The van der Waals surface area contributed by atoms with E-state index in [1.165, 1.54) is 24.3 Å². The average molecular weight is 288 g/mol. The molecule has 0 saturated carbocycles. The number of para-hydroxylation sites is 1. The van der Waals surface area contributed by atoms with Crippen LogP contribution in [0, 0.1) is 12.7 Å². The van der Waals surface area contributed by atoms with Gasteiger partial charge in [-0.15, -0.1) is 0 Å². The summed E-state index contributed by atoms with van der Waals surface area (Å²) in [6, 6.07) is 12.5. The lowest BCUT2D eigenvalue weighted by Crippen LogP contribution is -2.32. The Hall–Kier alpha value is -2.40. The van der Waals surface area contributed by atoms with Crippen LogP contribution >= 0.6 is 0 Å². The van der Waals surface area contributed by atoms with Gasteiger partial charge in [-0.1, -0.05) is 30.3 Å². The van der Waals surface area contributed by atoms with E-state index in [4.69, 9.17) is 0 Å². The lowest BCUT2D eigenvalue weighted by atomic mass is 10.1. The topological polar surface area (TPSA) is 61.4 Å². The molecule has 0 spiro atoms. The van der Waals surface area contributed by atoms with E-state index in [-0.39, 0.29) is 12.4 Å². The molecule has 0 fully saturated rings. The number of benzene rings is 2. The molecule has 0 aromatic heterocycles. The predicted molar refractivity (Wildman–Crippen MR) is 79.6 cm³/mol. The number of aliphatic hydroxyl groups excluding tert-OH is 1. The first-order valence-electron chi connectivity index (χ1n) is 6.60. The third-order valence-corrected chi connectivity index (χ3v) is 3.10. The van der Waals surface area contributed by atoms with E-state index in [1.54, 1.807) is 6.07 Å². The molecule has 2 aromatic carbocycles. The second-order valence-electron chi connectivity index (χ2n) is 4.72. The van der Waals surface area contributed by atoms with Crippen LogP contribution < -0.4 is 10.6 Å². The minimum atomic E-state index is -0.881. The van der Waals surface area contributed by atoms with Crippen LogP contribution in [0.1, 0.15) is 17.2 Å². The molecule has 0 heterocycles.